The van der Waals surface area contributed by atoms with Crippen LogP contribution in [0, 0.1) is 0 Å². The van der Waals surface area contributed by atoms with E-state index in [1.54, 1.807) is 12.0 Å². The van der Waals surface area contributed by atoms with Crippen molar-refractivity contribution in [3.8, 4) is 0 Å². The molecule has 3 heterocycles. The van der Waals surface area contributed by atoms with Gasteiger partial charge in [-0.1, -0.05) is 30.3 Å². The fraction of sp³-hybridized carbons (Fsp3) is 0.538. The molecular formula is C26H36BN3O5. The largest absolute Gasteiger partial charge is 0.496 e. The SMILES string of the molecule is COC(C)c1ncc(N2CCN(C(=O)OCc3ccccc3)CC2)cc1B1OC(C)(C)C(C)(C)O1. The first-order valence-electron chi connectivity index (χ1n) is 12.2. The molecule has 2 saturated heterocycles. The van der Waals surface area contributed by atoms with Crippen molar-refractivity contribution in [2.24, 2.45) is 0 Å². The van der Waals surface area contributed by atoms with Crippen molar-refractivity contribution < 1.29 is 23.6 Å². The minimum Gasteiger partial charge on any atom is -0.445 e. The lowest BCUT2D eigenvalue weighted by Gasteiger charge is -2.35. The molecule has 2 aliphatic rings. The van der Waals surface area contributed by atoms with Crippen LogP contribution in [0.1, 0.15) is 52.0 Å². The van der Waals surface area contributed by atoms with E-state index in [0.717, 1.165) is 22.4 Å². The summed E-state index contributed by atoms with van der Waals surface area (Å²) < 4.78 is 23.7. The zero-order valence-electron chi connectivity index (χ0n) is 21.6. The Hall–Kier alpha value is -2.62. The van der Waals surface area contributed by atoms with Crippen molar-refractivity contribution in [1.82, 2.24) is 9.88 Å². The molecule has 9 heteroatoms. The number of hydrogen-bond acceptors (Lipinski definition) is 7. The molecule has 0 N–H and O–H groups in total. The van der Waals surface area contributed by atoms with E-state index in [1.807, 2.05) is 71.1 Å². The lowest BCUT2D eigenvalue weighted by Crippen LogP contribution is -2.49. The predicted molar refractivity (Wildman–Crippen MR) is 136 cm³/mol. The van der Waals surface area contributed by atoms with Crippen LogP contribution >= 0.6 is 0 Å². The molecule has 35 heavy (non-hydrogen) atoms. The molecular weight excluding hydrogens is 445 g/mol. The number of methoxy groups -OCH3 is 1. The first-order chi connectivity index (χ1) is 16.6. The van der Waals surface area contributed by atoms with Crippen LogP contribution in [0.3, 0.4) is 0 Å². The monoisotopic (exact) mass is 481 g/mol. The number of carbonyl (C=O) groups is 1. The van der Waals surface area contributed by atoms with Crippen LogP contribution in [0.4, 0.5) is 10.5 Å². The molecule has 1 atom stereocenters. The summed E-state index contributed by atoms with van der Waals surface area (Å²) in [6, 6.07) is 11.8. The molecule has 1 aromatic carbocycles. The van der Waals surface area contributed by atoms with E-state index >= 15 is 0 Å². The second kappa shape index (κ2) is 10.2. The van der Waals surface area contributed by atoms with Gasteiger partial charge in [-0.25, -0.2) is 4.79 Å². The topological polar surface area (TPSA) is 73.4 Å². The van der Waals surface area contributed by atoms with Crippen molar-refractivity contribution in [1.29, 1.82) is 0 Å². The normalized spacial score (nSPS) is 20.1. The van der Waals surface area contributed by atoms with Gasteiger partial charge in [0.15, 0.2) is 0 Å². The molecule has 0 aliphatic carbocycles. The summed E-state index contributed by atoms with van der Waals surface area (Å²) in [5.74, 6) is 0. The highest BCUT2D eigenvalue weighted by Gasteiger charge is 2.52. The average Bonchev–Trinajstić information content (AvgIpc) is 3.09. The maximum atomic E-state index is 12.5. The van der Waals surface area contributed by atoms with Crippen molar-refractivity contribution in [3.63, 3.8) is 0 Å². The first-order valence-corrected chi connectivity index (χ1v) is 12.2. The Morgan fingerprint density at radius 2 is 1.71 bits per heavy atom. The first kappa shape index (κ1) is 25.5. The molecule has 2 aliphatic heterocycles. The standard InChI is InChI=1S/C26H36BN3O5/c1-19(32-6)23-22(27-34-25(2,3)26(4,5)35-27)16-21(17-28-23)29-12-14-30(15-13-29)24(31)33-18-20-10-8-7-9-11-20/h7-11,16-17,19H,12-15,18H2,1-6H3. The highest BCUT2D eigenvalue weighted by Crippen LogP contribution is 2.37. The molecule has 0 bridgehead atoms. The molecule has 0 radical (unpaired) electrons. The maximum Gasteiger partial charge on any atom is 0.496 e. The zero-order valence-corrected chi connectivity index (χ0v) is 21.6. The maximum absolute atomic E-state index is 12.5. The van der Waals surface area contributed by atoms with E-state index in [9.17, 15) is 4.79 Å². The number of nitrogens with zero attached hydrogens (tertiary/aromatic N) is 3. The molecule has 0 spiro atoms. The minimum absolute atomic E-state index is 0.200. The second-order valence-electron chi connectivity index (χ2n) is 10.1. The minimum atomic E-state index is -0.533. The Kier molecular flexibility index (Phi) is 7.40. The van der Waals surface area contributed by atoms with Gasteiger partial charge in [0.25, 0.3) is 0 Å². The summed E-state index contributed by atoms with van der Waals surface area (Å²) in [5.41, 5.74) is 2.73. The summed E-state index contributed by atoms with van der Waals surface area (Å²) in [6.07, 6.45) is 1.38. The summed E-state index contributed by atoms with van der Waals surface area (Å²) in [4.78, 5) is 21.3. The Balaban J connectivity index is 1.44. The summed E-state index contributed by atoms with van der Waals surface area (Å²) in [6.45, 7) is 12.9. The van der Waals surface area contributed by atoms with Gasteiger partial charge in [-0.3, -0.25) is 4.98 Å². The molecule has 188 valence electrons. The van der Waals surface area contributed by atoms with E-state index in [0.29, 0.717) is 26.2 Å². The van der Waals surface area contributed by atoms with E-state index in [2.05, 4.69) is 11.0 Å². The highest BCUT2D eigenvalue weighted by molar-refractivity contribution is 6.62. The van der Waals surface area contributed by atoms with Gasteiger partial charge in [0.2, 0.25) is 0 Å². The lowest BCUT2D eigenvalue weighted by atomic mass is 9.76. The van der Waals surface area contributed by atoms with Gasteiger partial charge >= 0.3 is 13.2 Å². The van der Waals surface area contributed by atoms with Gasteiger partial charge in [-0.05, 0) is 46.2 Å². The fourth-order valence-corrected chi connectivity index (χ4v) is 4.22. The number of aromatic nitrogens is 1. The van der Waals surface area contributed by atoms with Crippen LogP contribution in [0.2, 0.25) is 0 Å². The number of rotatable bonds is 6. The highest BCUT2D eigenvalue weighted by atomic mass is 16.7. The Bertz CT molecular complexity index is 1010. The smallest absolute Gasteiger partial charge is 0.445 e. The van der Waals surface area contributed by atoms with E-state index in [-0.39, 0.29) is 18.8 Å². The molecule has 4 rings (SSSR count). The summed E-state index contributed by atoms with van der Waals surface area (Å²) >= 11 is 0. The fourth-order valence-electron chi connectivity index (χ4n) is 4.22. The molecule has 1 amide bonds. The number of amides is 1. The number of carbonyl (C=O) groups excluding carboxylic acids is 1. The number of piperazine rings is 1. The van der Waals surface area contributed by atoms with E-state index in [1.165, 1.54) is 0 Å². The summed E-state index contributed by atoms with van der Waals surface area (Å²) in [5, 5.41) is 0. The zero-order chi connectivity index (χ0) is 25.2. The third-order valence-corrected chi connectivity index (χ3v) is 7.29. The Morgan fingerprint density at radius 3 is 2.31 bits per heavy atom. The van der Waals surface area contributed by atoms with E-state index in [4.69, 9.17) is 23.8 Å². The molecule has 1 unspecified atom stereocenters. The van der Waals surface area contributed by atoms with Gasteiger partial charge < -0.3 is 28.6 Å². The average molecular weight is 481 g/mol. The van der Waals surface area contributed by atoms with Crippen LogP contribution in [-0.2, 0) is 25.4 Å². The number of benzene rings is 1. The van der Waals surface area contributed by atoms with Gasteiger partial charge in [0.1, 0.15) is 6.61 Å². The number of ether oxygens (including phenoxy) is 2. The Labute approximate surface area is 208 Å². The van der Waals surface area contributed by atoms with Gasteiger partial charge in [-0.15, -0.1) is 0 Å². The second-order valence-corrected chi connectivity index (χ2v) is 10.1. The lowest BCUT2D eigenvalue weighted by molar-refractivity contribution is 0.00578. The van der Waals surface area contributed by atoms with Crippen molar-refractivity contribution in [2.75, 3.05) is 38.2 Å². The van der Waals surface area contributed by atoms with Crippen molar-refractivity contribution >= 4 is 24.4 Å². The van der Waals surface area contributed by atoms with Crippen LogP contribution in [0.5, 0.6) is 0 Å². The quantitative estimate of drug-likeness (QED) is 0.585. The van der Waals surface area contributed by atoms with Gasteiger partial charge in [0, 0.05) is 38.8 Å². The molecule has 2 fully saturated rings. The van der Waals surface area contributed by atoms with E-state index < -0.39 is 18.3 Å². The summed E-state index contributed by atoms with van der Waals surface area (Å²) in [7, 11) is 1.14. The molecule has 2 aromatic rings. The van der Waals surface area contributed by atoms with Gasteiger partial charge in [-0.2, -0.15) is 0 Å². The number of pyridine rings is 1. The van der Waals surface area contributed by atoms with Crippen molar-refractivity contribution in [3.05, 3.63) is 53.9 Å². The molecule has 0 saturated carbocycles. The third-order valence-electron chi connectivity index (χ3n) is 7.29. The van der Waals surface area contributed by atoms with Crippen LogP contribution < -0.4 is 10.4 Å². The van der Waals surface area contributed by atoms with Crippen molar-refractivity contribution in [2.45, 2.75) is 58.5 Å². The number of hydrogen-bond donors (Lipinski definition) is 0. The van der Waals surface area contributed by atoms with Gasteiger partial charge in [0.05, 0.1) is 34.9 Å². The van der Waals surface area contributed by atoms with Crippen LogP contribution in [-0.4, -0.2) is 67.6 Å². The Morgan fingerprint density at radius 1 is 1.09 bits per heavy atom. The number of anilines is 1. The molecule has 1 aromatic heterocycles. The van der Waals surface area contributed by atoms with Crippen LogP contribution in [0.25, 0.3) is 0 Å². The third kappa shape index (κ3) is 5.47. The predicted octanol–water partition coefficient (Wildman–Crippen LogP) is 3.55. The molecule has 8 nitrogen and oxygen atoms in total. The van der Waals surface area contributed by atoms with Crippen LogP contribution in [0.15, 0.2) is 42.6 Å².